The molecule has 0 bridgehead atoms. The molecule has 36 valence electrons. The summed E-state index contributed by atoms with van der Waals surface area (Å²) in [5, 5.41) is 0. The lowest BCUT2D eigenvalue weighted by Crippen LogP contribution is -1.96. The third-order valence-electron chi connectivity index (χ3n) is 0.322. The maximum absolute atomic E-state index is 5.07. The predicted molar refractivity (Wildman–Crippen MR) is 32.2 cm³/mol. The molecular formula is C5H7N2+. The van der Waals surface area contributed by atoms with Crippen molar-refractivity contribution < 1.29 is 0 Å². The van der Waals surface area contributed by atoms with E-state index in [-0.39, 0.29) is 0 Å². The molecule has 0 rings (SSSR count). The standard InChI is InChI=1S/C5H7N2/c1-3-7-4-5(2)6/h4H,1-2,6H2/q+1. The molecular weight excluding hydrogens is 88.1 g/mol. The fourth-order valence-electron chi connectivity index (χ4n) is 0.129. The maximum Gasteiger partial charge on any atom is 0.327 e. The average molecular weight is 95.1 g/mol. The van der Waals surface area contributed by atoms with Gasteiger partial charge in [-0.15, -0.1) is 0 Å². The van der Waals surface area contributed by atoms with Crippen LogP contribution in [0.25, 0.3) is 0 Å². The zero-order chi connectivity index (χ0) is 5.70. The van der Waals surface area contributed by atoms with E-state index < -0.39 is 0 Å². The van der Waals surface area contributed by atoms with Gasteiger partial charge in [0.1, 0.15) is 5.70 Å². The first kappa shape index (κ1) is 5.77. The molecule has 0 saturated heterocycles. The molecule has 0 aromatic carbocycles. The summed E-state index contributed by atoms with van der Waals surface area (Å²) < 4.78 is 3.46. The molecule has 0 spiro atoms. The third-order valence-corrected chi connectivity index (χ3v) is 0.322. The summed E-state index contributed by atoms with van der Waals surface area (Å²) in [4.78, 5) is 0. The smallest absolute Gasteiger partial charge is 0.327 e. The Morgan fingerprint density at radius 3 is 2.57 bits per heavy atom. The summed E-state index contributed by atoms with van der Waals surface area (Å²) in [7, 11) is 0. The van der Waals surface area contributed by atoms with E-state index >= 15 is 0 Å². The van der Waals surface area contributed by atoms with Crippen LogP contribution in [0.15, 0.2) is 18.9 Å². The highest BCUT2D eigenvalue weighted by molar-refractivity contribution is 5.77. The van der Waals surface area contributed by atoms with Crippen LogP contribution in [0.1, 0.15) is 0 Å². The lowest BCUT2D eigenvalue weighted by Gasteiger charge is -1.64. The van der Waals surface area contributed by atoms with Crippen molar-refractivity contribution in [2.45, 2.75) is 0 Å². The third kappa shape index (κ3) is 4.77. The van der Waals surface area contributed by atoms with Crippen LogP contribution in [0.2, 0.25) is 0 Å². The van der Waals surface area contributed by atoms with Gasteiger partial charge in [-0.05, 0) is 4.67 Å². The number of hydrogen-bond donors (Lipinski definition) is 1. The molecule has 0 amide bonds. The Kier molecular flexibility index (Phi) is 2.46. The minimum Gasteiger partial charge on any atom is -0.393 e. The van der Waals surface area contributed by atoms with Gasteiger partial charge in [0.2, 0.25) is 0 Å². The molecule has 0 fully saturated rings. The van der Waals surface area contributed by atoms with Crippen molar-refractivity contribution in [3.63, 3.8) is 0 Å². The van der Waals surface area contributed by atoms with E-state index in [0.717, 1.165) is 0 Å². The van der Waals surface area contributed by atoms with E-state index in [2.05, 4.69) is 23.7 Å². The van der Waals surface area contributed by atoms with Crippen LogP contribution in [0.3, 0.4) is 0 Å². The highest BCUT2D eigenvalue weighted by Gasteiger charge is 1.77. The van der Waals surface area contributed by atoms with Crippen molar-refractivity contribution in [1.29, 1.82) is 0 Å². The summed E-state index contributed by atoms with van der Waals surface area (Å²) in [6, 6.07) is 0. The van der Waals surface area contributed by atoms with Gasteiger partial charge in [-0.2, -0.15) is 0 Å². The molecule has 0 aliphatic rings. The van der Waals surface area contributed by atoms with Gasteiger partial charge in [-0.3, -0.25) is 0 Å². The van der Waals surface area contributed by atoms with Gasteiger partial charge in [-0.25, -0.2) is 0 Å². The molecule has 0 aromatic rings. The lowest BCUT2D eigenvalue weighted by atomic mass is 10.6. The van der Waals surface area contributed by atoms with Crippen molar-refractivity contribution in [2.24, 2.45) is 5.73 Å². The molecule has 0 saturated carbocycles. The Morgan fingerprint density at radius 2 is 2.43 bits per heavy atom. The number of rotatable bonds is 1. The number of allylic oxidation sites excluding steroid dienone is 1. The zero-order valence-corrected chi connectivity index (χ0v) is 4.02. The van der Waals surface area contributed by atoms with Crippen LogP contribution in [0, 0.1) is 0 Å². The van der Waals surface area contributed by atoms with Crippen LogP contribution in [-0.4, -0.2) is 12.1 Å². The predicted octanol–water partition coefficient (Wildman–Crippen LogP) is -0.548. The molecule has 2 N–H and O–H groups in total. The fourth-order valence-corrected chi connectivity index (χ4v) is 0.129. The van der Waals surface area contributed by atoms with Crippen molar-refractivity contribution in [3.8, 4) is 0 Å². The van der Waals surface area contributed by atoms with E-state index in [1.807, 2.05) is 0 Å². The summed E-state index contributed by atoms with van der Waals surface area (Å²) in [6.45, 7) is 6.57. The van der Waals surface area contributed by atoms with Crippen LogP contribution in [-0.2, 0) is 0 Å². The van der Waals surface area contributed by atoms with Gasteiger partial charge in [0.25, 0.3) is 0 Å². The topological polar surface area (TPSA) is 40.1 Å². The van der Waals surface area contributed by atoms with Crippen LogP contribution in [0.4, 0.5) is 0 Å². The Labute approximate surface area is 42.4 Å². The molecule has 0 aliphatic carbocycles. The Bertz CT molecular complexity index is 145. The van der Waals surface area contributed by atoms with E-state index in [1.54, 1.807) is 0 Å². The summed E-state index contributed by atoms with van der Waals surface area (Å²) >= 11 is 0. The lowest BCUT2D eigenvalue weighted by molar-refractivity contribution is 1.51. The summed E-state index contributed by atoms with van der Waals surface area (Å²) in [6.07, 6.45) is 1.38. The number of nitrogens with two attached hydrogens (primary N) is 1. The molecule has 0 aromatic heterocycles. The molecule has 0 aliphatic heterocycles. The second kappa shape index (κ2) is 2.98. The Balaban J connectivity index is 3.96. The Morgan fingerprint density at radius 1 is 1.86 bits per heavy atom. The van der Waals surface area contributed by atoms with Crippen LogP contribution in [0.5, 0.6) is 0 Å². The van der Waals surface area contributed by atoms with Gasteiger partial charge >= 0.3 is 12.1 Å². The van der Waals surface area contributed by atoms with E-state index in [1.165, 1.54) is 6.21 Å². The van der Waals surface area contributed by atoms with Gasteiger partial charge in [0.15, 0.2) is 0 Å². The molecule has 0 radical (unpaired) electrons. The molecule has 7 heavy (non-hydrogen) atoms. The fraction of sp³-hybridized carbons (Fsp3) is 0. The quantitative estimate of drug-likeness (QED) is 0.344. The monoisotopic (exact) mass is 95.1 g/mol. The minimum atomic E-state index is 0.413. The SMILES string of the molecule is C=C=[N+]=CC(=C)N. The highest BCUT2D eigenvalue weighted by Crippen LogP contribution is 1.55. The zero-order valence-electron chi connectivity index (χ0n) is 4.02. The van der Waals surface area contributed by atoms with Crippen molar-refractivity contribution in [1.82, 2.24) is 4.67 Å². The minimum absolute atomic E-state index is 0.413. The summed E-state index contributed by atoms with van der Waals surface area (Å²) in [5.41, 5.74) is 5.48. The van der Waals surface area contributed by atoms with Crippen molar-refractivity contribution >= 4 is 12.1 Å². The molecule has 0 heterocycles. The van der Waals surface area contributed by atoms with Gasteiger partial charge in [-0.1, -0.05) is 6.58 Å². The summed E-state index contributed by atoms with van der Waals surface area (Å²) in [5.74, 6) is 2.28. The largest absolute Gasteiger partial charge is 0.393 e. The average Bonchev–Trinajstić information content (AvgIpc) is 1.61. The molecule has 2 heteroatoms. The first-order chi connectivity index (χ1) is 3.27. The van der Waals surface area contributed by atoms with Gasteiger partial charge < -0.3 is 5.73 Å². The van der Waals surface area contributed by atoms with Crippen LogP contribution >= 0.6 is 0 Å². The maximum atomic E-state index is 5.07. The normalized spacial score (nSPS) is 5.71. The Hall–Kier alpha value is -1.23. The van der Waals surface area contributed by atoms with Crippen molar-refractivity contribution in [2.75, 3.05) is 0 Å². The van der Waals surface area contributed by atoms with E-state index in [0.29, 0.717) is 5.70 Å². The molecule has 2 nitrogen and oxygen atoms in total. The van der Waals surface area contributed by atoms with E-state index in [9.17, 15) is 0 Å². The first-order valence-corrected chi connectivity index (χ1v) is 1.77. The van der Waals surface area contributed by atoms with E-state index in [4.69, 9.17) is 5.73 Å². The second-order valence-corrected chi connectivity index (χ2v) is 0.991. The first-order valence-electron chi connectivity index (χ1n) is 1.77. The number of hydrogen-bond acceptors (Lipinski definition) is 1. The number of nitrogens with zero attached hydrogens (tertiary/aromatic N) is 1. The highest BCUT2D eigenvalue weighted by atomic mass is 14.6. The van der Waals surface area contributed by atoms with Crippen molar-refractivity contribution in [3.05, 3.63) is 18.9 Å². The van der Waals surface area contributed by atoms with Gasteiger partial charge in [0.05, 0.1) is 0 Å². The molecule has 0 unspecified atom stereocenters. The van der Waals surface area contributed by atoms with Gasteiger partial charge in [0, 0.05) is 6.58 Å². The molecule has 0 atom stereocenters. The van der Waals surface area contributed by atoms with Crippen LogP contribution < -0.4 is 10.4 Å². The second-order valence-electron chi connectivity index (χ2n) is 0.991.